The Kier molecular flexibility index (Phi) is 3.38. The second-order valence-corrected chi connectivity index (χ2v) is 5.75. The van der Waals surface area contributed by atoms with Crippen molar-refractivity contribution in [1.82, 2.24) is 9.88 Å². The van der Waals surface area contributed by atoms with Crippen molar-refractivity contribution in [3.63, 3.8) is 0 Å². The number of hydrogen-bond donors (Lipinski definition) is 1. The number of nitrogens with two attached hydrogens (primary N) is 1. The standard InChI is InChI=1S/C11H19N3S/c1-8(2)11-13-5-10(15-11)7-14-4-3-9(12)6-14/h5,8-9H,3-4,6-7,12H2,1-2H3. The molecule has 0 aliphatic carbocycles. The first-order valence-corrected chi connectivity index (χ1v) is 6.39. The zero-order chi connectivity index (χ0) is 10.8. The van der Waals surface area contributed by atoms with Gasteiger partial charge in [-0.25, -0.2) is 4.98 Å². The van der Waals surface area contributed by atoms with E-state index in [2.05, 4.69) is 23.7 Å². The summed E-state index contributed by atoms with van der Waals surface area (Å²) in [6, 6.07) is 0.377. The van der Waals surface area contributed by atoms with Crippen LogP contribution in [0.1, 0.15) is 36.1 Å². The summed E-state index contributed by atoms with van der Waals surface area (Å²) in [4.78, 5) is 8.22. The van der Waals surface area contributed by atoms with Gasteiger partial charge in [0.15, 0.2) is 0 Å². The molecule has 3 nitrogen and oxygen atoms in total. The number of hydrogen-bond acceptors (Lipinski definition) is 4. The van der Waals surface area contributed by atoms with Crippen molar-refractivity contribution < 1.29 is 0 Å². The summed E-state index contributed by atoms with van der Waals surface area (Å²) >= 11 is 1.84. The lowest BCUT2D eigenvalue weighted by Gasteiger charge is -2.12. The summed E-state index contributed by atoms with van der Waals surface area (Å²) in [5.74, 6) is 0.546. The highest BCUT2D eigenvalue weighted by Gasteiger charge is 2.19. The van der Waals surface area contributed by atoms with E-state index in [0.717, 1.165) is 26.1 Å². The van der Waals surface area contributed by atoms with Crippen LogP contribution in [-0.2, 0) is 6.54 Å². The molecule has 2 N–H and O–H groups in total. The predicted octanol–water partition coefficient (Wildman–Crippen LogP) is 1.80. The Bertz CT molecular complexity index is 321. The van der Waals surface area contributed by atoms with Crippen molar-refractivity contribution in [2.45, 2.75) is 38.8 Å². The summed E-state index contributed by atoms with van der Waals surface area (Å²) in [6.07, 6.45) is 3.15. The third-order valence-corrected chi connectivity index (χ3v) is 4.04. The fraction of sp³-hybridized carbons (Fsp3) is 0.727. The molecular weight excluding hydrogens is 206 g/mol. The second kappa shape index (κ2) is 4.60. The molecule has 0 amide bonds. The van der Waals surface area contributed by atoms with Gasteiger partial charge in [0, 0.05) is 42.7 Å². The van der Waals surface area contributed by atoms with Crippen molar-refractivity contribution in [2.24, 2.45) is 5.73 Å². The van der Waals surface area contributed by atoms with Crippen molar-refractivity contribution in [3.8, 4) is 0 Å². The third kappa shape index (κ3) is 2.77. The molecular formula is C11H19N3S. The fourth-order valence-electron chi connectivity index (χ4n) is 1.89. The quantitative estimate of drug-likeness (QED) is 0.853. The molecule has 1 atom stereocenters. The smallest absolute Gasteiger partial charge is 0.0953 e. The molecule has 1 aliphatic heterocycles. The van der Waals surface area contributed by atoms with E-state index in [-0.39, 0.29) is 0 Å². The Balaban J connectivity index is 1.93. The topological polar surface area (TPSA) is 42.2 Å². The molecule has 1 aromatic heterocycles. The normalized spacial score (nSPS) is 22.8. The van der Waals surface area contributed by atoms with Gasteiger partial charge < -0.3 is 5.73 Å². The van der Waals surface area contributed by atoms with Gasteiger partial charge in [0.05, 0.1) is 5.01 Å². The number of rotatable bonds is 3. The zero-order valence-electron chi connectivity index (χ0n) is 9.44. The molecule has 1 fully saturated rings. The Labute approximate surface area is 95.3 Å². The van der Waals surface area contributed by atoms with Crippen LogP contribution in [0.4, 0.5) is 0 Å². The van der Waals surface area contributed by atoms with Crippen LogP contribution in [-0.4, -0.2) is 29.0 Å². The lowest BCUT2D eigenvalue weighted by Crippen LogP contribution is -2.25. The monoisotopic (exact) mass is 225 g/mol. The Morgan fingerprint density at radius 1 is 1.67 bits per heavy atom. The summed E-state index contributed by atoms with van der Waals surface area (Å²) in [6.45, 7) is 7.58. The minimum Gasteiger partial charge on any atom is -0.326 e. The van der Waals surface area contributed by atoms with Gasteiger partial charge in [-0.2, -0.15) is 0 Å². The maximum atomic E-state index is 5.88. The number of aromatic nitrogens is 1. The first-order valence-electron chi connectivity index (χ1n) is 5.57. The zero-order valence-corrected chi connectivity index (χ0v) is 10.3. The largest absolute Gasteiger partial charge is 0.326 e. The van der Waals surface area contributed by atoms with Gasteiger partial charge in [-0.05, 0) is 6.42 Å². The minimum atomic E-state index is 0.377. The molecule has 0 aromatic carbocycles. The van der Waals surface area contributed by atoms with Gasteiger partial charge in [-0.15, -0.1) is 11.3 Å². The highest BCUT2D eigenvalue weighted by molar-refractivity contribution is 7.11. The first-order chi connectivity index (χ1) is 7.15. The van der Waals surface area contributed by atoms with Crippen molar-refractivity contribution in [1.29, 1.82) is 0 Å². The molecule has 2 rings (SSSR count). The lowest BCUT2D eigenvalue weighted by atomic mass is 10.2. The van der Waals surface area contributed by atoms with Crippen molar-refractivity contribution in [3.05, 3.63) is 16.1 Å². The van der Waals surface area contributed by atoms with Crippen LogP contribution in [0.5, 0.6) is 0 Å². The van der Waals surface area contributed by atoms with Crippen molar-refractivity contribution in [2.75, 3.05) is 13.1 Å². The van der Waals surface area contributed by atoms with Crippen LogP contribution in [0.15, 0.2) is 6.20 Å². The average Bonchev–Trinajstić information content (AvgIpc) is 2.76. The van der Waals surface area contributed by atoms with Gasteiger partial charge in [0.25, 0.3) is 0 Å². The molecule has 4 heteroatoms. The summed E-state index contributed by atoms with van der Waals surface area (Å²) < 4.78 is 0. The third-order valence-electron chi connectivity index (χ3n) is 2.75. The maximum Gasteiger partial charge on any atom is 0.0953 e. The summed E-state index contributed by atoms with van der Waals surface area (Å²) in [7, 11) is 0. The predicted molar refractivity (Wildman–Crippen MR) is 64.1 cm³/mol. The fourth-order valence-corrected chi connectivity index (χ4v) is 2.85. The number of nitrogens with zero attached hydrogens (tertiary/aromatic N) is 2. The highest BCUT2D eigenvalue weighted by atomic mass is 32.1. The molecule has 0 bridgehead atoms. The van der Waals surface area contributed by atoms with Gasteiger partial charge in [-0.1, -0.05) is 13.8 Å². The van der Waals surface area contributed by atoms with Crippen LogP contribution in [0.25, 0.3) is 0 Å². The second-order valence-electron chi connectivity index (χ2n) is 4.60. The Morgan fingerprint density at radius 2 is 2.47 bits per heavy atom. The molecule has 1 saturated heterocycles. The van der Waals surface area contributed by atoms with E-state index in [1.807, 2.05) is 17.5 Å². The molecule has 0 saturated carbocycles. The van der Waals surface area contributed by atoms with E-state index >= 15 is 0 Å². The first kappa shape index (κ1) is 11.0. The van der Waals surface area contributed by atoms with Crippen LogP contribution < -0.4 is 5.73 Å². The van der Waals surface area contributed by atoms with Crippen LogP contribution in [0, 0.1) is 0 Å². The van der Waals surface area contributed by atoms with E-state index in [1.54, 1.807) is 0 Å². The molecule has 1 aliphatic rings. The Morgan fingerprint density at radius 3 is 3.00 bits per heavy atom. The van der Waals surface area contributed by atoms with E-state index in [1.165, 1.54) is 9.88 Å². The maximum absolute atomic E-state index is 5.88. The molecule has 15 heavy (non-hydrogen) atoms. The van der Waals surface area contributed by atoms with E-state index in [0.29, 0.717) is 12.0 Å². The highest BCUT2D eigenvalue weighted by Crippen LogP contribution is 2.23. The van der Waals surface area contributed by atoms with Crippen LogP contribution in [0.2, 0.25) is 0 Å². The molecule has 84 valence electrons. The molecule has 1 unspecified atom stereocenters. The van der Waals surface area contributed by atoms with Crippen LogP contribution >= 0.6 is 11.3 Å². The van der Waals surface area contributed by atoms with E-state index in [4.69, 9.17) is 5.73 Å². The molecule has 0 radical (unpaired) electrons. The lowest BCUT2D eigenvalue weighted by molar-refractivity contribution is 0.329. The van der Waals surface area contributed by atoms with E-state index in [9.17, 15) is 0 Å². The van der Waals surface area contributed by atoms with Gasteiger partial charge in [0.2, 0.25) is 0 Å². The minimum absolute atomic E-state index is 0.377. The van der Waals surface area contributed by atoms with Crippen molar-refractivity contribution >= 4 is 11.3 Å². The van der Waals surface area contributed by atoms with Gasteiger partial charge >= 0.3 is 0 Å². The number of thiazole rings is 1. The SMILES string of the molecule is CC(C)c1ncc(CN2CCC(N)C2)s1. The molecule has 2 heterocycles. The van der Waals surface area contributed by atoms with Gasteiger partial charge in [-0.3, -0.25) is 4.90 Å². The van der Waals surface area contributed by atoms with Gasteiger partial charge in [0.1, 0.15) is 0 Å². The molecule has 1 aromatic rings. The molecule has 0 spiro atoms. The summed E-state index contributed by atoms with van der Waals surface area (Å²) in [5.41, 5.74) is 5.88. The van der Waals surface area contributed by atoms with E-state index < -0.39 is 0 Å². The number of likely N-dealkylation sites (tertiary alicyclic amines) is 1. The summed E-state index contributed by atoms with van der Waals surface area (Å²) in [5, 5.41) is 1.24. The average molecular weight is 225 g/mol. The Hall–Kier alpha value is -0.450. The van der Waals surface area contributed by atoms with Crippen LogP contribution in [0.3, 0.4) is 0 Å².